The standard InChI is InChI=1S/C32H53FN6O3SSi2/c1-21(42-45(10,11)31(5,6)7)19-39-20-24(33)28(36-39)43(41,38-44(8,9)30(2,3)4)37-29(40)35-26-22-13-12-14-25(22)34-27-23(26)15-16-32(27)17-18-32/h20-21H,12-19H2,1-11H3,(H2,34,35,37,38,40,41)/t21-,43?/m1/s1. The molecule has 1 spiro atoms. The van der Waals surface area contributed by atoms with Crippen LogP contribution in [0.1, 0.15) is 96.7 Å². The minimum Gasteiger partial charge on any atom is -0.412 e. The lowest BCUT2D eigenvalue weighted by atomic mass is 10.0. The molecule has 2 aromatic rings. The van der Waals surface area contributed by atoms with Gasteiger partial charge in [-0.3, -0.25) is 9.67 Å². The molecule has 2 amide bonds. The van der Waals surface area contributed by atoms with E-state index in [1.165, 1.54) is 10.9 Å². The first-order valence-corrected chi connectivity index (χ1v) is 23.8. The number of fused-ring (bicyclic) bond motifs is 3. The Labute approximate surface area is 271 Å². The highest BCUT2D eigenvalue weighted by Gasteiger charge is 2.51. The predicted molar refractivity (Wildman–Crippen MR) is 184 cm³/mol. The third-order valence-corrected chi connectivity index (χ3v) is 23.7. The van der Waals surface area contributed by atoms with Gasteiger partial charge in [0.25, 0.3) is 0 Å². The summed E-state index contributed by atoms with van der Waals surface area (Å²) in [4.78, 5) is 18.9. The van der Waals surface area contributed by atoms with Crippen molar-refractivity contribution < 1.29 is 17.8 Å². The summed E-state index contributed by atoms with van der Waals surface area (Å²) in [6, 6.07) is -0.756. The zero-order chi connectivity index (χ0) is 33.4. The van der Waals surface area contributed by atoms with Crippen molar-refractivity contribution in [3.8, 4) is 0 Å². The van der Waals surface area contributed by atoms with E-state index in [1.54, 1.807) is 0 Å². The van der Waals surface area contributed by atoms with Gasteiger partial charge in [-0.25, -0.2) is 17.8 Å². The maximum atomic E-state index is 15.8. The zero-order valence-electron chi connectivity index (χ0n) is 29.1. The lowest BCUT2D eigenvalue weighted by molar-refractivity contribution is 0.173. The van der Waals surface area contributed by atoms with E-state index in [-0.39, 0.29) is 33.2 Å². The molecule has 0 bridgehead atoms. The number of nitrogens with one attached hydrogen (secondary N) is 2. The van der Waals surface area contributed by atoms with Gasteiger partial charge in [0.1, 0.15) is 8.24 Å². The molecule has 3 aliphatic carbocycles. The molecular formula is C32H53FN6O3SSi2. The number of aromatic nitrogens is 3. The molecule has 2 atom stereocenters. The molecule has 1 fully saturated rings. The van der Waals surface area contributed by atoms with Crippen LogP contribution in [0.15, 0.2) is 15.6 Å². The Hall–Kier alpha value is -1.94. The van der Waals surface area contributed by atoms with Crippen molar-refractivity contribution in [1.29, 1.82) is 0 Å². The van der Waals surface area contributed by atoms with E-state index in [1.807, 2.05) is 20.0 Å². The summed E-state index contributed by atoms with van der Waals surface area (Å²) < 4.78 is 46.0. The van der Waals surface area contributed by atoms with Crippen molar-refractivity contribution in [3.63, 3.8) is 0 Å². The Kier molecular flexibility index (Phi) is 8.67. The highest BCUT2D eigenvalue weighted by Crippen LogP contribution is 2.58. The lowest BCUT2D eigenvalue weighted by Gasteiger charge is -2.38. The first-order chi connectivity index (χ1) is 20.6. The van der Waals surface area contributed by atoms with Crippen LogP contribution in [0.5, 0.6) is 0 Å². The molecule has 0 radical (unpaired) electrons. The highest BCUT2D eigenvalue weighted by atomic mass is 32.2. The molecule has 2 aromatic heterocycles. The monoisotopic (exact) mass is 676 g/mol. The largest absolute Gasteiger partial charge is 0.412 e. The number of halogens is 1. The molecule has 2 N–H and O–H groups in total. The molecule has 5 rings (SSSR count). The van der Waals surface area contributed by atoms with Gasteiger partial charge < -0.3 is 9.74 Å². The molecule has 0 saturated heterocycles. The van der Waals surface area contributed by atoms with E-state index in [9.17, 15) is 9.00 Å². The normalized spacial score (nSPS) is 19.6. The lowest BCUT2D eigenvalue weighted by Crippen LogP contribution is -2.54. The molecule has 0 aromatic carbocycles. The van der Waals surface area contributed by atoms with Gasteiger partial charge >= 0.3 is 6.03 Å². The second-order valence-electron chi connectivity index (χ2n) is 16.6. The number of pyridine rings is 1. The van der Waals surface area contributed by atoms with Gasteiger partial charge in [-0.15, -0.1) is 4.36 Å². The Morgan fingerprint density at radius 1 is 1.09 bits per heavy atom. The van der Waals surface area contributed by atoms with Crippen molar-refractivity contribution in [1.82, 2.24) is 19.2 Å². The summed E-state index contributed by atoms with van der Waals surface area (Å²) in [7, 11) is -8.44. The summed E-state index contributed by atoms with van der Waals surface area (Å²) in [6.45, 7) is 23.3. The molecule has 1 saturated carbocycles. The topological polar surface area (TPSA) is 110 Å². The SMILES string of the molecule is C[C@H](Cn1cc(F)c(S(=O)(=NC(=O)Nc2c3c(nc4c2CCC42CC2)CCC3)N[Si](C)(C)C(C)(C)C)n1)O[Si](C)(C)C(C)(C)C. The number of carbonyl (C=O) groups excluding carboxylic acids is 1. The van der Waals surface area contributed by atoms with E-state index in [2.05, 4.69) is 73.8 Å². The van der Waals surface area contributed by atoms with Crippen LogP contribution in [-0.4, -0.2) is 47.7 Å². The fourth-order valence-electron chi connectivity index (χ4n) is 6.08. The number of rotatable bonds is 8. The maximum absolute atomic E-state index is 15.8. The van der Waals surface area contributed by atoms with Crippen molar-refractivity contribution in [3.05, 3.63) is 34.5 Å². The second-order valence-corrected chi connectivity index (χ2v) is 28.5. The Balaban J connectivity index is 1.50. The average molecular weight is 677 g/mol. The number of amides is 2. The summed E-state index contributed by atoms with van der Waals surface area (Å²) in [5.41, 5.74) is 5.26. The summed E-state index contributed by atoms with van der Waals surface area (Å²) in [5, 5.41) is 6.90. The van der Waals surface area contributed by atoms with Gasteiger partial charge in [0.2, 0.25) is 5.03 Å². The summed E-state index contributed by atoms with van der Waals surface area (Å²) in [6.07, 6.45) is 7.88. The van der Waals surface area contributed by atoms with Crippen LogP contribution < -0.4 is 9.70 Å². The molecule has 45 heavy (non-hydrogen) atoms. The summed E-state index contributed by atoms with van der Waals surface area (Å²) >= 11 is 0. The van der Waals surface area contributed by atoms with Crippen LogP contribution in [-0.2, 0) is 45.6 Å². The molecule has 250 valence electrons. The average Bonchev–Trinajstić information content (AvgIpc) is 3.16. The third-order valence-electron chi connectivity index (χ3n) is 10.9. The molecule has 9 nitrogen and oxygen atoms in total. The number of aryl methyl sites for hydroxylation is 1. The van der Waals surface area contributed by atoms with E-state index in [0.717, 1.165) is 73.1 Å². The van der Waals surface area contributed by atoms with E-state index in [0.29, 0.717) is 0 Å². The number of nitrogens with zero attached hydrogens (tertiary/aromatic N) is 4. The third kappa shape index (κ3) is 6.61. The molecule has 3 aliphatic rings. The first-order valence-electron chi connectivity index (χ1n) is 16.4. The van der Waals surface area contributed by atoms with E-state index < -0.39 is 38.3 Å². The fourth-order valence-corrected chi connectivity index (χ4v) is 13.0. The molecular weight excluding hydrogens is 624 g/mol. The van der Waals surface area contributed by atoms with Gasteiger partial charge in [-0.2, -0.15) is 5.10 Å². The Bertz CT molecular complexity index is 1630. The molecule has 1 unspecified atom stereocenters. The van der Waals surface area contributed by atoms with Gasteiger partial charge in [-0.05, 0) is 86.2 Å². The minimum atomic E-state index is -3.80. The zero-order valence-corrected chi connectivity index (χ0v) is 31.9. The molecule has 0 aliphatic heterocycles. The number of hydrogen-bond donors (Lipinski definition) is 2. The Morgan fingerprint density at radius 2 is 1.76 bits per heavy atom. The van der Waals surface area contributed by atoms with Crippen molar-refractivity contribution in [2.24, 2.45) is 4.36 Å². The smallest absolute Gasteiger partial charge is 0.354 e. The number of hydrogen-bond acceptors (Lipinski definition) is 5. The van der Waals surface area contributed by atoms with E-state index >= 15 is 4.39 Å². The Morgan fingerprint density at radius 3 is 2.36 bits per heavy atom. The van der Waals surface area contributed by atoms with Gasteiger partial charge in [0.15, 0.2) is 24.0 Å². The minimum absolute atomic E-state index is 0.0176. The van der Waals surface area contributed by atoms with Crippen molar-refractivity contribution in [2.45, 2.75) is 153 Å². The van der Waals surface area contributed by atoms with Crippen LogP contribution in [0.3, 0.4) is 0 Å². The fraction of sp³-hybridized carbons (Fsp3) is 0.719. The summed E-state index contributed by atoms with van der Waals surface area (Å²) in [5.74, 6) is -0.761. The van der Waals surface area contributed by atoms with Crippen molar-refractivity contribution >= 4 is 38.2 Å². The number of anilines is 1. The first kappa shape index (κ1) is 34.4. The number of urea groups is 1. The maximum Gasteiger partial charge on any atom is 0.354 e. The number of carbonyl (C=O) groups is 1. The highest BCUT2D eigenvalue weighted by molar-refractivity contribution is 7.93. The molecule has 13 heteroatoms. The quantitative estimate of drug-likeness (QED) is 0.277. The van der Waals surface area contributed by atoms with Crippen LogP contribution in [0.4, 0.5) is 14.9 Å². The van der Waals surface area contributed by atoms with Gasteiger partial charge in [-0.1, -0.05) is 54.6 Å². The van der Waals surface area contributed by atoms with Crippen LogP contribution >= 0.6 is 0 Å². The van der Waals surface area contributed by atoms with Crippen molar-refractivity contribution in [2.75, 3.05) is 5.32 Å². The van der Waals surface area contributed by atoms with Crippen LogP contribution in [0, 0.1) is 5.82 Å². The van der Waals surface area contributed by atoms with E-state index in [4.69, 9.17) is 9.41 Å². The van der Waals surface area contributed by atoms with Crippen LogP contribution in [0.25, 0.3) is 0 Å². The van der Waals surface area contributed by atoms with Crippen LogP contribution in [0.2, 0.25) is 36.3 Å². The van der Waals surface area contributed by atoms with Gasteiger partial charge in [0.05, 0.1) is 30.2 Å². The van der Waals surface area contributed by atoms with Gasteiger partial charge in [0, 0.05) is 11.1 Å². The molecule has 2 heterocycles. The predicted octanol–water partition coefficient (Wildman–Crippen LogP) is 7.86. The second kappa shape index (κ2) is 11.3.